The quantitative estimate of drug-likeness (QED) is 0.347. The molecule has 1 atom stereocenters. The summed E-state index contributed by atoms with van der Waals surface area (Å²) in [6.45, 7) is 9.86. The van der Waals surface area contributed by atoms with Gasteiger partial charge in [-0.3, -0.25) is 10.1 Å². The normalized spacial score (nSPS) is 19.7. The molecule has 1 heterocycles. The third kappa shape index (κ3) is 3.83. The molecule has 4 rings (SSSR count). The first-order chi connectivity index (χ1) is 14.7. The second kappa shape index (κ2) is 7.84. The molecule has 3 aromatic carbocycles. The van der Waals surface area contributed by atoms with Gasteiger partial charge >= 0.3 is 0 Å². The predicted octanol–water partition coefficient (Wildman–Crippen LogP) is 6.65. The Hall–Kier alpha value is -3.14. The molecule has 0 radical (unpaired) electrons. The highest BCUT2D eigenvalue weighted by molar-refractivity contribution is 5.64. The van der Waals surface area contributed by atoms with Crippen molar-refractivity contribution in [3.8, 4) is 0 Å². The molecule has 0 fully saturated rings. The van der Waals surface area contributed by atoms with Crippen LogP contribution in [0.3, 0.4) is 0 Å². The first-order valence-electron chi connectivity index (χ1n) is 10.9. The van der Waals surface area contributed by atoms with E-state index in [1.807, 2.05) is 12.1 Å². The van der Waals surface area contributed by atoms with E-state index in [-0.39, 0.29) is 21.6 Å². The van der Waals surface area contributed by atoms with Crippen LogP contribution in [0.1, 0.15) is 56.4 Å². The molecule has 4 heteroatoms. The molecule has 0 amide bonds. The Morgan fingerprint density at radius 3 is 2.13 bits per heavy atom. The Balaban J connectivity index is 1.75. The van der Waals surface area contributed by atoms with Crippen LogP contribution in [-0.2, 0) is 18.4 Å². The van der Waals surface area contributed by atoms with E-state index in [1.54, 1.807) is 12.1 Å². The van der Waals surface area contributed by atoms with E-state index in [0.717, 1.165) is 18.4 Å². The number of non-ortho nitro benzene ring substituents is 1. The zero-order valence-corrected chi connectivity index (χ0v) is 18.8. The number of para-hydroxylation sites is 1. The number of hydrogen-bond acceptors (Lipinski definition) is 3. The predicted molar refractivity (Wildman–Crippen MR) is 127 cm³/mol. The topological polar surface area (TPSA) is 46.4 Å². The number of rotatable bonds is 5. The number of anilines is 1. The van der Waals surface area contributed by atoms with Crippen LogP contribution < -0.4 is 4.90 Å². The number of aryl methyl sites for hydroxylation is 1. The van der Waals surface area contributed by atoms with E-state index in [9.17, 15) is 10.1 Å². The summed E-state index contributed by atoms with van der Waals surface area (Å²) >= 11 is 0. The van der Waals surface area contributed by atoms with Gasteiger partial charge in [0, 0.05) is 35.3 Å². The lowest BCUT2D eigenvalue weighted by molar-refractivity contribution is -0.384. The van der Waals surface area contributed by atoms with Gasteiger partial charge in [0.25, 0.3) is 5.69 Å². The largest absolute Gasteiger partial charge is 0.362 e. The molecule has 0 spiro atoms. The second-order valence-corrected chi connectivity index (χ2v) is 9.40. The van der Waals surface area contributed by atoms with Crippen LogP contribution in [0.15, 0.2) is 72.8 Å². The van der Waals surface area contributed by atoms with Crippen LogP contribution in [0.4, 0.5) is 11.4 Å². The average molecular weight is 415 g/mol. The van der Waals surface area contributed by atoms with Gasteiger partial charge in [-0.05, 0) is 55.0 Å². The highest BCUT2D eigenvalue weighted by Gasteiger charge is 2.45. The van der Waals surface area contributed by atoms with E-state index in [0.29, 0.717) is 6.54 Å². The number of benzene rings is 3. The Morgan fingerprint density at radius 1 is 0.903 bits per heavy atom. The molecule has 0 aliphatic carbocycles. The van der Waals surface area contributed by atoms with Gasteiger partial charge < -0.3 is 4.90 Å². The highest BCUT2D eigenvalue weighted by Crippen LogP contribution is 2.50. The van der Waals surface area contributed by atoms with Crippen molar-refractivity contribution in [2.45, 2.75) is 58.0 Å². The van der Waals surface area contributed by atoms with E-state index >= 15 is 0 Å². The Kier molecular flexibility index (Phi) is 5.34. The molecule has 0 N–H and O–H groups in total. The van der Waals surface area contributed by atoms with Crippen molar-refractivity contribution >= 4 is 11.4 Å². The molecule has 0 saturated carbocycles. The maximum Gasteiger partial charge on any atom is 0.269 e. The van der Waals surface area contributed by atoms with Crippen molar-refractivity contribution < 1.29 is 4.92 Å². The van der Waals surface area contributed by atoms with E-state index in [4.69, 9.17) is 0 Å². The molecular weight excluding hydrogens is 384 g/mol. The summed E-state index contributed by atoms with van der Waals surface area (Å²) in [5.41, 5.74) is 6.30. The van der Waals surface area contributed by atoms with Gasteiger partial charge in [-0.15, -0.1) is 0 Å². The molecule has 160 valence electrons. The molecule has 3 aromatic rings. The molecule has 1 aliphatic rings. The first-order valence-corrected chi connectivity index (χ1v) is 10.9. The van der Waals surface area contributed by atoms with Crippen LogP contribution in [-0.4, -0.2) is 10.5 Å². The van der Waals surface area contributed by atoms with Crippen molar-refractivity contribution in [2.75, 3.05) is 4.90 Å². The fourth-order valence-corrected chi connectivity index (χ4v) is 5.13. The summed E-state index contributed by atoms with van der Waals surface area (Å²) in [4.78, 5) is 13.1. The summed E-state index contributed by atoms with van der Waals surface area (Å²) in [5.74, 6) is 0. The van der Waals surface area contributed by atoms with E-state index in [2.05, 4.69) is 81.1 Å². The zero-order chi connectivity index (χ0) is 22.2. The molecule has 0 saturated heterocycles. The van der Waals surface area contributed by atoms with Crippen LogP contribution in [0.2, 0.25) is 0 Å². The molecular formula is C27H30N2O2. The fourth-order valence-electron chi connectivity index (χ4n) is 5.13. The third-order valence-corrected chi connectivity index (χ3v) is 6.79. The van der Waals surface area contributed by atoms with Gasteiger partial charge in [-0.25, -0.2) is 0 Å². The average Bonchev–Trinajstić information content (AvgIpc) is 2.76. The lowest BCUT2D eigenvalue weighted by Crippen LogP contribution is -2.53. The molecule has 0 aromatic heterocycles. The highest BCUT2D eigenvalue weighted by atomic mass is 16.6. The summed E-state index contributed by atoms with van der Waals surface area (Å²) in [5, 5.41) is 11.0. The number of fused-ring (bicyclic) bond motifs is 1. The van der Waals surface area contributed by atoms with Crippen LogP contribution >= 0.6 is 0 Å². The second-order valence-electron chi connectivity index (χ2n) is 9.40. The maximum atomic E-state index is 11.0. The van der Waals surface area contributed by atoms with Gasteiger partial charge in [-0.1, -0.05) is 68.4 Å². The number of nitro benzene ring substituents is 1. The van der Waals surface area contributed by atoms with Crippen molar-refractivity contribution in [1.29, 1.82) is 0 Å². The van der Waals surface area contributed by atoms with Gasteiger partial charge in [0.2, 0.25) is 0 Å². The number of hydrogen-bond donors (Lipinski definition) is 0. The lowest BCUT2D eigenvalue weighted by atomic mass is 9.65. The molecule has 31 heavy (non-hydrogen) atoms. The van der Waals surface area contributed by atoms with Crippen LogP contribution in [0.5, 0.6) is 0 Å². The Labute approximate surface area is 184 Å². The third-order valence-electron chi connectivity index (χ3n) is 6.79. The standard InChI is InChI=1S/C27H30N2O2/c1-5-20-10-14-22(15-11-20)27(4)19-26(2,3)28(25-9-7-6-8-24(25)27)18-21-12-16-23(17-13-21)29(30)31/h6-17H,5,18-19H2,1-4H3. The zero-order valence-electron chi connectivity index (χ0n) is 18.8. The smallest absolute Gasteiger partial charge is 0.269 e. The summed E-state index contributed by atoms with van der Waals surface area (Å²) in [6, 6.07) is 24.7. The van der Waals surface area contributed by atoms with Crippen molar-refractivity contribution in [2.24, 2.45) is 0 Å². The minimum absolute atomic E-state index is 0.0850. The molecule has 1 aliphatic heterocycles. The Morgan fingerprint density at radius 2 is 1.52 bits per heavy atom. The van der Waals surface area contributed by atoms with Crippen molar-refractivity contribution in [3.63, 3.8) is 0 Å². The summed E-state index contributed by atoms with van der Waals surface area (Å²) < 4.78 is 0. The number of nitrogens with zero attached hydrogens (tertiary/aromatic N) is 2. The number of nitro groups is 1. The van der Waals surface area contributed by atoms with Gasteiger partial charge in [-0.2, -0.15) is 0 Å². The molecule has 0 bridgehead atoms. The first kappa shape index (κ1) is 21.1. The van der Waals surface area contributed by atoms with Gasteiger partial charge in [0.15, 0.2) is 0 Å². The molecule has 4 nitrogen and oxygen atoms in total. The monoisotopic (exact) mass is 414 g/mol. The van der Waals surface area contributed by atoms with Crippen molar-refractivity contribution in [1.82, 2.24) is 0 Å². The maximum absolute atomic E-state index is 11.0. The molecule has 1 unspecified atom stereocenters. The SMILES string of the molecule is CCc1ccc(C2(C)CC(C)(C)N(Cc3ccc([N+](=O)[O-])cc3)c3ccccc32)cc1. The van der Waals surface area contributed by atoms with E-state index < -0.39 is 0 Å². The van der Waals surface area contributed by atoms with Gasteiger partial charge in [0.1, 0.15) is 0 Å². The lowest BCUT2D eigenvalue weighted by Gasteiger charge is -2.52. The summed E-state index contributed by atoms with van der Waals surface area (Å²) in [6.07, 6.45) is 2.03. The van der Waals surface area contributed by atoms with Gasteiger partial charge in [0.05, 0.1) is 4.92 Å². The van der Waals surface area contributed by atoms with Crippen molar-refractivity contribution in [3.05, 3.63) is 105 Å². The minimum atomic E-state index is -0.348. The van der Waals surface area contributed by atoms with Crippen LogP contribution in [0.25, 0.3) is 0 Å². The van der Waals surface area contributed by atoms with E-state index in [1.165, 1.54) is 22.4 Å². The van der Waals surface area contributed by atoms with Crippen LogP contribution in [0, 0.1) is 10.1 Å². The fraction of sp³-hybridized carbons (Fsp3) is 0.333. The summed E-state index contributed by atoms with van der Waals surface area (Å²) in [7, 11) is 0. The minimum Gasteiger partial charge on any atom is -0.362 e. The Bertz CT molecular complexity index is 1090.